The standard InChI is InChI=1S/C14H17N3O3/c18-9-12-6-11-7-16(8-14(20)17(11)12)13(19)5-10-3-1-2-4-15-10/h1-4,11-12,18H,5-9H2/t11-,12+/m1/s1. The maximum absolute atomic E-state index is 12.2. The lowest BCUT2D eigenvalue weighted by Gasteiger charge is -2.53. The van der Waals surface area contributed by atoms with Gasteiger partial charge in [-0.2, -0.15) is 0 Å². The SMILES string of the molecule is O=C(Cc1ccccn1)N1CC(=O)N2[C@H](CO)C[C@@H]2C1. The van der Waals surface area contributed by atoms with Gasteiger partial charge in [0.2, 0.25) is 11.8 Å². The van der Waals surface area contributed by atoms with E-state index in [4.69, 9.17) is 5.11 Å². The summed E-state index contributed by atoms with van der Waals surface area (Å²) in [7, 11) is 0. The average molecular weight is 275 g/mol. The molecule has 1 aromatic heterocycles. The number of carbonyl (C=O) groups excluding carboxylic acids is 2. The second-order valence-corrected chi connectivity index (χ2v) is 5.30. The van der Waals surface area contributed by atoms with Crippen LogP contribution in [0, 0.1) is 0 Å². The summed E-state index contributed by atoms with van der Waals surface area (Å²) in [6.45, 7) is 0.677. The van der Waals surface area contributed by atoms with Crippen LogP contribution in [0.4, 0.5) is 0 Å². The first kappa shape index (κ1) is 13.1. The monoisotopic (exact) mass is 275 g/mol. The van der Waals surface area contributed by atoms with Crippen LogP contribution in [-0.2, 0) is 16.0 Å². The number of hydrogen-bond acceptors (Lipinski definition) is 4. The summed E-state index contributed by atoms with van der Waals surface area (Å²) in [6, 6.07) is 5.47. The Morgan fingerprint density at radius 2 is 2.30 bits per heavy atom. The fourth-order valence-corrected chi connectivity index (χ4v) is 2.96. The summed E-state index contributed by atoms with van der Waals surface area (Å²) in [6.07, 6.45) is 2.66. The number of aliphatic hydroxyl groups is 1. The van der Waals surface area contributed by atoms with Gasteiger partial charge in [0.15, 0.2) is 0 Å². The number of pyridine rings is 1. The average Bonchev–Trinajstić information content (AvgIpc) is 2.41. The Kier molecular flexibility index (Phi) is 3.40. The van der Waals surface area contributed by atoms with Crippen molar-refractivity contribution in [2.24, 2.45) is 0 Å². The first-order valence-electron chi connectivity index (χ1n) is 6.78. The maximum Gasteiger partial charge on any atom is 0.242 e. The molecular formula is C14H17N3O3. The second-order valence-electron chi connectivity index (χ2n) is 5.30. The van der Waals surface area contributed by atoms with Gasteiger partial charge in [0.1, 0.15) is 0 Å². The van der Waals surface area contributed by atoms with Crippen LogP contribution in [0.25, 0.3) is 0 Å². The number of nitrogens with zero attached hydrogens (tertiary/aromatic N) is 3. The van der Waals surface area contributed by atoms with Gasteiger partial charge in [-0.1, -0.05) is 6.07 Å². The van der Waals surface area contributed by atoms with Crippen LogP contribution in [0.3, 0.4) is 0 Å². The minimum absolute atomic E-state index is 0.00409. The van der Waals surface area contributed by atoms with Crippen molar-refractivity contribution in [2.75, 3.05) is 19.7 Å². The van der Waals surface area contributed by atoms with Crippen molar-refractivity contribution in [3.8, 4) is 0 Å². The number of amides is 2. The molecule has 2 fully saturated rings. The molecule has 2 saturated heterocycles. The van der Waals surface area contributed by atoms with E-state index in [1.54, 1.807) is 28.1 Å². The van der Waals surface area contributed by atoms with Crippen LogP contribution in [0.5, 0.6) is 0 Å². The van der Waals surface area contributed by atoms with Gasteiger partial charge in [0.05, 0.1) is 31.7 Å². The third kappa shape index (κ3) is 2.27. The van der Waals surface area contributed by atoms with E-state index in [0.29, 0.717) is 12.2 Å². The van der Waals surface area contributed by atoms with Crippen molar-refractivity contribution in [3.63, 3.8) is 0 Å². The van der Waals surface area contributed by atoms with Gasteiger partial charge in [0, 0.05) is 18.4 Å². The Hall–Kier alpha value is -1.95. The molecule has 2 amide bonds. The van der Waals surface area contributed by atoms with Crippen LogP contribution in [0.2, 0.25) is 0 Å². The molecule has 20 heavy (non-hydrogen) atoms. The maximum atomic E-state index is 12.2. The number of fused-ring (bicyclic) bond motifs is 1. The van der Waals surface area contributed by atoms with Gasteiger partial charge < -0.3 is 14.9 Å². The van der Waals surface area contributed by atoms with Crippen LogP contribution in [0.1, 0.15) is 12.1 Å². The Balaban J connectivity index is 1.62. The molecule has 0 aromatic carbocycles. The number of aromatic nitrogens is 1. The van der Waals surface area contributed by atoms with E-state index in [1.807, 2.05) is 6.07 Å². The summed E-state index contributed by atoms with van der Waals surface area (Å²) in [4.78, 5) is 31.6. The highest BCUT2D eigenvalue weighted by atomic mass is 16.3. The number of piperazine rings is 1. The quantitative estimate of drug-likeness (QED) is 0.801. The highest BCUT2D eigenvalue weighted by Crippen LogP contribution is 2.29. The van der Waals surface area contributed by atoms with Gasteiger partial charge in [-0.25, -0.2) is 0 Å². The lowest BCUT2D eigenvalue weighted by atomic mass is 9.90. The molecule has 0 spiro atoms. The van der Waals surface area contributed by atoms with Gasteiger partial charge in [-0.3, -0.25) is 14.6 Å². The van der Waals surface area contributed by atoms with Crippen molar-refractivity contribution in [1.29, 1.82) is 0 Å². The predicted octanol–water partition coefficient (Wildman–Crippen LogP) is -0.572. The molecule has 1 aromatic rings. The summed E-state index contributed by atoms with van der Waals surface area (Å²) < 4.78 is 0. The van der Waals surface area contributed by atoms with E-state index in [-0.39, 0.29) is 43.5 Å². The molecule has 3 rings (SSSR count). The van der Waals surface area contributed by atoms with E-state index >= 15 is 0 Å². The van der Waals surface area contributed by atoms with Crippen LogP contribution in [0.15, 0.2) is 24.4 Å². The molecule has 2 aliphatic rings. The molecule has 0 radical (unpaired) electrons. The second kappa shape index (κ2) is 5.20. The zero-order chi connectivity index (χ0) is 14.1. The predicted molar refractivity (Wildman–Crippen MR) is 70.6 cm³/mol. The summed E-state index contributed by atoms with van der Waals surface area (Å²) in [5, 5.41) is 9.13. The van der Waals surface area contributed by atoms with Crippen molar-refractivity contribution in [1.82, 2.24) is 14.8 Å². The summed E-state index contributed by atoms with van der Waals surface area (Å²) in [5.41, 5.74) is 0.717. The molecule has 0 bridgehead atoms. The van der Waals surface area contributed by atoms with Gasteiger partial charge in [0.25, 0.3) is 0 Å². The fraction of sp³-hybridized carbons (Fsp3) is 0.500. The molecule has 0 aliphatic carbocycles. The van der Waals surface area contributed by atoms with Crippen LogP contribution >= 0.6 is 0 Å². The molecule has 6 nitrogen and oxygen atoms in total. The lowest BCUT2D eigenvalue weighted by Crippen LogP contribution is -2.69. The van der Waals surface area contributed by atoms with Crippen LogP contribution in [-0.4, -0.2) is 63.5 Å². The molecule has 2 aliphatic heterocycles. The van der Waals surface area contributed by atoms with E-state index in [9.17, 15) is 9.59 Å². The van der Waals surface area contributed by atoms with Gasteiger partial charge in [-0.15, -0.1) is 0 Å². The third-order valence-corrected chi connectivity index (χ3v) is 4.00. The minimum atomic E-state index is -0.0686. The molecular weight excluding hydrogens is 258 g/mol. The van der Waals surface area contributed by atoms with Crippen molar-refractivity contribution in [2.45, 2.75) is 24.9 Å². The topological polar surface area (TPSA) is 73.7 Å². The van der Waals surface area contributed by atoms with Gasteiger partial charge in [-0.05, 0) is 18.6 Å². The smallest absolute Gasteiger partial charge is 0.242 e. The highest BCUT2D eigenvalue weighted by Gasteiger charge is 2.46. The minimum Gasteiger partial charge on any atom is -0.394 e. The summed E-state index contributed by atoms with van der Waals surface area (Å²) >= 11 is 0. The van der Waals surface area contributed by atoms with E-state index in [1.165, 1.54) is 0 Å². The zero-order valence-corrected chi connectivity index (χ0v) is 11.1. The van der Waals surface area contributed by atoms with E-state index in [2.05, 4.69) is 4.98 Å². The highest BCUT2D eigenvalue weighted by molar-refractivity contribution is 5.88. The number of rotatable bonds is 3. The zero-order valence-electron chi connectivity index (χ0n) is 11.1. The normalized spacial score (nSPS) is 25.1. The Morgan fingerprint density at radius 3 is 2.95 bits per heavy atom. The Labute approximate surface area is 117 Å². The lowest BCUT2D eigenvalue weighted by molar-refractivity contribution is -0.162. The molecule has 0 unspecified atom stereocenters. The Morgan fingerprint density at radius 1 is 1.45 bits per heavy atom. The van der Waals surface area contributed by atoms with Crippen molar-refractivity contribution < 1.29 is 14.7 Å². The van der Waals surface area contributed by atoms with Crippen LogP contribution < -0.4 is 0 Å². The van der Waals surface area contributed by atoms with Crippen molar-refractivity contribution >= 4 is 11.8 Å². The van der Waals surface area contributed by atoms with E-state index in [0.717, 1.165) is 6.42 Å². The van der Waals surface area contributed by atoms with Gasteiger partial charge >= 0.3 is 0 Å². The number of aliphatic hydroxyl groups excluding tert-OH is 1. The largest absolute Gasteiger partial charge is 0.394 e. The van der Waals surface area contributed by atoms with Crippen molar-refractivity contribution in [3.05, 3.63) is 30.1 Å². The summed E-state index contributed by atoms with van der Waals surface area (Å²) in [5.74, 6) is -0.134. The Bertz CT molecular complexity index is 520. The van der Waals surface area contributed by atoms with E-state index < -0.39 is 0 Å². The third-order valence-electron chi connectivity index (χ3n) is 4.00. The molecule has 0 saturated carbocycles. The number of hydrogen-bond donors (Lipinski definition) is 1. The molecule has 2 atom stereocenters. The molecule has 3 heterocycles. The molecule has 1 N–H and O–H groups in total. The first-order valence-corrected chi connectivity index (χ1v) is 6.78. The first-order chi connectivity index (χ1) is 9.69. The fourth-order valence-electron chi connectivity index (χ4n) is 2.96. The molecule has 106 valence electrons. The number of carbonyl (C=O) groups is 2. The molecule has 6 heteroatoms.